The van der Waals surface area contributed by atoms with Crippen molar-refractivity contribution in [3.63, 3.8) is 0 Å². The predicted octanol–water partition coefficient (Wildman–Crippen LogP) is 2.60. The van der Waals surface area contributed by atoms with Crippen molar-refractivity contribution in [3.05, 3.63) is 53.0 Å². The molecule has 5 rings (SSSR count). The van der Waals surface area contributed by atoms with Gasteiger partial charge in [-0.05, 0) is 50.1 Å². The number of aromatic nitrogens is 4. The number of pyridine rings is 1. The van der Waals surface area contributed by atoms with E-state index in [0.717, 1.165) is 37.1 Å². The number of amides is 1. The molecule has 8 nitrogen and oxygen atoms in total. The molecule has 0 bridgehead atoms. The van der Waals surface area contributed by atoms with E-state index in [1.54, 1.807) is 18.5 Å². The molecule has 0 spiro atoms. The van der Waals surface area contributed by atoms with Gasteiger partial charge in [0.15, 0.2) is 0 Å². The number of nitrogens with zero attached hydrogens (tertiary/aromatic N) is 4. The van der Waals surface area contributed by atoms with Gasteiger partial charge in [0, 0.05) is 35.3 Å². The maximum absolute atomic E-state index is 14.3. The van der Waals surface area contributed by atoms with Crippen LogP contribution in [0.25, 0.3) is 10.7 Å². The van der Waals surface area contributed by atoms with Gasteiger partial charge in [-0.2, -0.15) is 0 Å². The van der Waals surface area contributed by atoms with Crippen molar-refractivity contribution in [1.29, 1.82) is 0 Å². The third-order valence-electron chi connectivity index (χ3n) is 6.46. The maximum Gasteiger partial charge on any atom is 0.227 e. The second kappa shape index (κ2) is 8.51. The minimum Gasteiger partial charge on any atom is -0.369 e. The molecule has 2 fully saturated rings. The molecule has 1 amide bonds. The van der Waals surface area contributed by atoms with E-state index in [-0.39, 0.29) is 29.1 Å². The van der Waals surface area contributed by atoms with Crippen molar-refractivity contribution in [2.24, 2.45) is 5.73 Å². The number of hydrogen-bond acceptors (Lipinski definition) is 8. The summed E-state index contributed by atoms with van der Waals surface area (Å²) in [7, 11) is 0. The van der Waals surface area contributed by atoms with Gasteiger partial charge in [-0.3, -0.25) is 9.78 Å². The molecule has 32 heavy (non-hydrogen) atoms. The lowest BCUT2D eigenvalue weighted by molar-refractivity contribution is -0.120. The third-order valence-corrected chi connectivity index (χ3v) is 7.57. The Morgan fingerprint density at radius 1 is 1.31 bits per heavy atom. The zero-order valence-corrected chi connectivity index (χ0v) is 18.2. The van der Waals surface area contributed by atoms with Gasteiger partial charge in [0.2, 0.25) is 5.91 Å². The van der Waals surface area contributed by atoms with E-state index in [4.69, 9.17) is 5.73 Å². The zero-order chi connectivity index (χ0) is 22.1. The number of halogens is 1. The number of anilines is 1. The van der Waals surface area contributed by atoms with E-state index < -0.39 is 0 Å². The van der Waals surface area contributed by atoms with E-state index in [2.05, 4.69) is 30.8 Å². The normalized spacial score (nSPS) is 20.1. The fourth-order valence-corrected chi connectivity index (χ4v) is 5.41. The molecule has 0 radical (unpaired) electrons. The number of thiazole rings is 1. The van der Waals surface area contributed by atoms with Crippen LogP contribution in [0.3, 0.4) is 0 Å². The van der Waals surface area contributed by atoms with Gasteiger partial charge in [0.1, 0.15) is 22.3 Å². The number of nitrogens with two attached hydrogens (primary N) is 1. The summed E-state index contributed by atoms with van der Waals surface area (Å²) in [5.74, 6) is -0.380. The molecular weight excluding hydrogens is 429 g/mol. The van der Waals surface area contributed by atoms with Crippen LogP contribution in [-0.2, 0) is 10.2 Å². The molecule has 1 aliphatic heterocycles. The smallest absolute Gasteiger partial charge is 0.227 e. The van der Waals surface area contributed by atoms with Gasteiger partial charge in [0.25, 0.3) is 0 Å². The quantitative estimate of drug-likeness (QED) is 0.480. The first-order valence-electron chi connectivity index (χ1n) is 10.7. The Hall–Kier alpha value is -2.98. The van der Waals surface area contributed by atoms with Gasteiger partial charge >= 0.3 is 0 Å². The summed E-state index contributed by atoms with van der Waals surface area (Å²) < 4.78 is 14.3. The Labute approximate surface area is 188 Å². The summed E-state index contributed by atoms with van der Waals surface area (Å²) in [5.41, 5.74) is 6.46. The first-order valence-corrected chi connectivity index (χ1v) is 11.5. The molecule has 166 valence electrons. The molecule has 1 aliphatic carbocycles. The standard InChI is InChI=1S/C22H24FN7OS/c23-13-3-1-9-26-19(13)22(7-2-8-22)12-28-17-5-4-15(29-30-17)21-27-11-16(32-21)18(20(24)31)14-6-10-25-14/h1,3-5,9,11,14,18,25H,2,6-8,10,12H2,(H2,24,31)(H,28,30)/t14-,18?/m0/s1. The van der Waals surface area contributed by atoms with Crippen LogP contribution >= 0.6 is 11.3 Å². The highest BCUT2D eigenvalue weighted by molar-refractivity contribution is 7.15. The van der Waals surface area contributed by atoms with Gasteiger partial charge in [-0.25, -0.2) is 9.37 Å². The summed E-state index contributed by atoms with van der Waals surface area (Å²) in [6.45, 7) is 1.44. The Morgan fingerprint density at radius 3 is 2.75 bits per heavy atom. The summed E-state index contributed by atoms with van der Waals surface area (Å²) in [4.78, 5) is 21.5. The van der Waals surface area contributed by atoms with E-state index in [1.807, 2.05) is 12.1 Å². The molecule has 4 heterocycles. The molecule has 1 unspecified atom stereocenters. The van der Waals surface area contributed by atoms with Crippen molar-refractivity contribution in [3.8, 4) is 10.7 Å². The molecule has 3 aromatic rings. The average molecular weight is 454 g/mol. The lowest BCUT2D eigenvalue weighted by atomic mass is 9.66. The van der Waals surface area contributed by atoms with Crippen molar-refractivity contribution in [2.75, 3.05) is 18.4 Å². The van der Waals surface area contributed by atoms with Crippen LogP contribution < -0.4 is 16.4 Å². The molecule has 3 aromatic heterocycles. The van der Waals surface area contributed by atoms with E-state index in [1.165, 1.54) is 17.4 Å². The number of carbonyl (C=O) groups is 1. The van der Waals surface area contributed by atoms with Crippen LogP contribution in [0, 0.1) is 5.82 Å². The molecule has 2 atom stereocenters. The highest BCUT2D eigenvalue weighted by atomic mass is 32.1. The second-order valence-electron chi connectivity index (χ2n) is 8.42. The SMILES string of the molecule is NC(=O)C(c1cnc(-c2ccc(NCC3(c4ncccc4F)CCC3)nn2)s1)[C@@H]1CCN1. The average Bonchev–Trinajstić information content (AvgIpc) is 3.20. The minimum atomic E-state index is -0.380. The lowest BCUT2D eigenvalue weighted by Gasteiger charge is -2.41. The largest absolute Gasteiger partial charge is 0.369 e. The summed E-state index contributed by atoms with van der Waals surface area (Å²) in [6.07, 6.45) is 7.09. The monoisotopic (exact) mass is 453 g/mol. The van der Waals surface area contributed by atoms with Crippen LogP contribution in [0.1, 0.15) is 42.2 Å². The van der Waals surface area contributed by atoms with Gasteiger partial charge in [-0.15, -0.1) is 21.5 Å². The van der Waals surface area contributed by atoms with Crippen LogP contribution in [0.5, 0.6) is 0 Å². The maximum atomic E-state index is 14.3. The predicted molar refractivity (Wildman–Crippen MR) is 120 cm³/mol. The third kappa shape index (κ3) is 3.84. The van der Waals surface area contributed by atoms with Gasteiger partial charge in [0.05, 0.1) is 11.6 Å². The fraction of sp³-hybridized carbons (Fsp3) is 0.409. The zero-order valence-electron chi connectivity index (χ0n) is 17.4. The van der Waals surface area contributed by atoms with Crippen molar-refractivity contribution >= 4 is 23.1 Å². The highest BCUT2D eigenvalue weighted by Gasteiger charge is 2.41. The lowest BCUT2D eigenvalue weighted by Crippen LogP contribution is -2.50. The first kappa shape index (κ1) is 20.9. The van der Waals surface area contributed by atoms with Crippen molar-refractivity contribution < 1.29 is 9.18 Å². The Kier molecular flexibility index (Phi) is 5.56. The second-order valence-corrected chi connectivity index (χ2v) is 9.48. The number of rotatable bonds is 8. The van der Waals surface area contributed by atoms with Gasteiger partial charge < -0.3 is 16.4 Å². The van der Waals surface area contributed by atoms with Crippen molar-refractivity contribution in [2.45, 2.75) is 43.1 Å². The number of hydrogen-bond donors (Lipinski definition) is 3. The molecular formula is C22H24FN7OS. The topological polar surface area (TPSA) is 119 Å². The van der Waals surface area contributed by atoms with E-state index in [9.17, 15) is 9.18 Å². The number of nitrogens with one attached hydrogen (secondary N) is 2. The van der Waals surface area contributed by atoms with Crippen molar-refractivity contribution in [1.82, 2.24) is 25.5 Å². The molecule has 1 saturated carbocycles. The Morgan fingerprint density at radius 2 is 2.16 bits per heavy atom. The minimum absolute atomic E-state index is 0.0706. The molecule has 2 aliphatic rings. The summed E-state index contributed by atoms with van der Waals surface area (Å²) in [6, 6.07) is 6.82. The van der Waals surface area contributed by atoms with Gasteiger partial charge in [-0.1, -0.05) is 6.42 Å². The number of carbonyl (C=O) groups excluding carboxylic acids is 1. The van der Waals surface area contributed by atoms with Crippen LogP contribution in [0.4, 0.5) is 10.2 Å². The fourth-order valence-electron chi connectivity index (χ4n) is 4.36. The van der Waals surface area contributed by atoms with Crippen LogP contribution in [-0.4, -0.2) is 45.2 Å². The molecule has 4 N–H and O–H groups in total. The van der Waals surface area contributed by atoms with E-state index in [0.29, 0.717) is 28.8 Å². The summed E-state index contributed by atoms with van der Waals surface area (Å²) >= 11 is 1.41. The number of primary amides is 1. The summed E-state index contributed by atoms with van der Waals surface area (Å²) in [5, 5.41) is 15.8. The highest BCUT2D eigenvalue weighted by Crippen LogP contribution is 2.43. The Bertz CT molecular complexity index is 1110. The van der Waals surface area contributed by atoms with Crippen LogP contribution in [0.2, 0.25) is 0 Å². The first-order chi connectivity index (χ1) is 15.6. The molecule has 0 aromatic carbocycles. The van der Waals surface area contributed by atoms with E-state index >= 15 is 0 Å². The Balaban J connectivity index is 1.27. The van der Waals surface area contributed by atoms with Crippen LogP contribution in [0.15, 0.2) is 36.7 Å². The molecule has 1 saturated heterocycles. The molecule has 10 heteroatoms.